The fourth-order valence-corrected chi connectivity index (χ4v) is 3.68. The van der Waals surface area contributed by atoms with Crippen LogP contribution in [-0.4, -0.2) is 41.8 Å². The molecule has 1 fully saturated rings. The summed E-state index contributed by atoms with van der Waals surface area (Å²) in [4.78, 5) is 28.6. The van der Waals surface area contributed by atoms with Crippen molar-refractivity contribution in [3.05, 3.63) is 65.2 Å². The second-order valence-corrected chi connectivity index (χ2v) is 7.16. The molecule has 1 aliphatic rings. The van der Waals surface area contributed by atoms with Crippen LogP contribution in [0, 0.1) is 0 Å². The number of nitrogens with zero attached hydrogens (tertiary/aromatic N) is 2. The molecule has 5 heteroatoms. The zero-order chi connectivity index (χ0) is 20.1. The van der Waals surface area contributed by atoms with Gasteiger partial charge in [-0.3, -0.25) is 9.59 Å². The molecule has 0 N–H and O–H groups in total. The summed E-state index contributed by atoms with van der Waals surface area (Å²) in [6, 6.07) is 15.4. The first-order valence-electron chi connectivity index (χ1n) is 9.85. The quantitative estimate of drug-likeness (QED) is 0.728. The second-order valence-electron chi connectivity index (χ2n) is 7.16. The van der Waals surface area contributed by atoms with Gasteiger partial charge >= 0.3 is 0 Å². The van der Waals surface area contributed by atoms with Crippen molar-refractivity contribution in [2.24, 2.45) is 0 Å². The van der Waals surface area contributed by atoms with Crippen molar-refractivity contribution in [1.82, 2.24) is 9.80 Å². The lowest BCUT2D eigenvalue weighted by Crippen LogP contribution is -2.33. The highest BCUT2D eigenvalue weighted by Gasteiger charge is 2.23. The standard InChI is InChI=1S/C23H28N2O3/c1-4-25(17(2)20-7-5-8-21(15-20)28-3)23(27)19-12-10-18(11-13-19)16-24-14-6-9-22(24)26/h5,7-8,10-13,15,17H,4,6,9,14,16H2,1-3H3. The highest BCUT2D eigenvalue weighted by atomic mass is 16.5. The van der Waals surface area contributed by atoms with Crippen LogP contribution < -0.4 is 4.74 Å². The zero-order valence-electron chi connectivity index (χ0n) is 16.9. The summed E-state index contributed by atoms with van der Waals surface area (Å²) >= 11 is 0. The van der Waals surface area contributed by atoms with E-state index in [0.29, 0.717) is 25.1 Å². The van der Waals surface area contributed by atoms with Crippen LogP contribution in [-0.2, 0) is 11.3 Å². The van der Waals surface area contributed by atoms with Crippen molar-refractivity contribution in [3.63, 3.8) is 0 Å². The third-order valence-electron chi connectivity index (χ3n) is 5.39. The van der Waals surface area contributed by atoms with Crippen LogP contribution in [0.3, 0.4) is 0 Å². The van der Waals surface area contributed by atoms with Gasteiger partial charge in [-0.1, -0.05) is 24.3 Å². The first-order valence-corrected chi connectivity index (χ1v) is 9.85. The lowest BCUT2D eigenvalue weighted by Gasteiger charge is -2.29. The van der Waals surface area contributed by atoms with Crippen LogP contribution in [0.1, 0.15) is 54.2 Å². The van der Waals surface area contributed by atoms with Gasteiger partial charge in [-0.05, 0) is 55.7 Å². The monoisotopic (exact) mass is 380 g/mol. The molecule has 1 atom stereocenters. The van der Waals surface area contributed by atoms with Crippen LogP contribution in [0.4, 0.5) is 0 Å². The predicted molar refractivity (Wildman–Crippen MR) is 109 cm³/mol. The second kappa shape index (κ2) is 8.91. The van der Waals surface area contributed by atoms with Crippen molar-refractivity contribution in [1.29, 1.82) is 0 Å². The number of ether oxygens (including phenoxy) is 1. The molecule has 1 aliphatic heterocycles. The van der Waals surface area contributed by atoms with Gasteiger partial charge in [0.25, 0.3) is 5.91 Å². The summed E-state index contributed by atoms with van der Waals surface area (Å²) in [5, 5.41) is 0. The van der Waals surface area contributed by atoms with E-state index in [-0.39, 0.29) is 17.9 Å². The Bertz CT molecular complexity index is 832. The molecule has 0 spiro atoms. The van der Waals surface area contributed by atoms with Crippen molar-refractivity contribution < 1.29 is 14.3 Å². The summed E-state index contributed by atoms with van der Waals surface area (Å²) in [6.07, 6.45) is 1.58. The molecular formula is C23H28N2O3. The minimum absolute atomic E-state index is 0.00150. The van der Waals surface area contributed by atoms with Gasteiger partial charge in [0.15, 0.2) is 0 Å². The van der Waals surface area contributed by atoms with Crippen molar-refractivity contribution >= 4 is 11.8 Å². The van der Waals surface area contributed by atoms with Crippen LogP contribution in [0.5, 0.6) is 5.75 Å². The van der Waals surface area contributed by atoms with Gasteiger partial charge in [0.05, 0.1) is 13.2 Å². The molecule has 2 amide bonds. The van der Waals surface area contributed by atoms with Gasteiger partial charge in [-0.25, -0.2) is 0 Å². The molecule has 2 aromatic carbocycles. The molecule has 0 radical (unpaired) electrons. The fraction of sp³-hybridized carbons (Fsp3) is 0.391. The number of benzene rings is 2. The van der Waals surface area contributed by atoms with Gasteiger partial charge in [0.2, 0.25) is 5.91 Å². The first kappa shape index (κ1) is 19.9. The van der Waals surface area contributed by atoms with Gasteiger partial charge in [0.1, 0.15) is 5.75 Å². The van der Waals surface area contributed by atoms with Crippen LogP contribution in [0.15, 0.2) is 48.5 Å². The lowest BCUT2D eigenvalue weighted by atomic mass is 10.0. The molecule has 1 unspecified atom stereocenters. The molecule has 0 bridgehead atoms. The number of methoxy groups -OCH3 is 1. The van der Waals surface area contributed by atoms with Crippen molar-refractivity contribution in [3.8, 4) is 5.75 Å². The van der Waals surface area contributed by atoms with Crippen LogP contribution >= 0.6 is 0 Å². The largest absolute Gasteiger partial charge is 0.497 e. The number of carbonyl (C=O) groups excluding carboxylic acids is 2. The maximum Gasteiger partial charge on any atom is 0.254 e. The van der Waals surface area contributed by atoms with Crippen molar-refractivity contribution in [2.45, 2.75) is 39.3 Å². The highest BCUT2D eigenvalue weighted by Crippen LogP contribution is 2.25. The Balaban J connectivity index is 1.72. The molecule has 5 nitrogen and oxygen atoms in total. The first-order chi connectivity index (χ1) is 13.5. The number of rotatable bonds is 7. The topological polar surface area (TPSA) is 49.9 Å². The Kier molecular flexibility index (Phi) is 6.34. The number of likely N-dealkylation sites (tertiary alicyclic amines) is 1. The Morgan fingerprint density at radius 1 is 1.21 bits per heavy atom. The molecule has 0 aliphatic carbocycles. The summed E-state index contributed by atoms with van der Waals surface area (Å²) in [6.45, 7) is 6.07. The van der Waals surface area contributed by atoms with Gasteiger partial charge < -0.3 is 14.5 Å². The van der Waals surface area contributed by atoms with E-state index in [4.69, 9.17) is 4.74 Å². The SMILES string of the molecule is CCN(C(=O)c1ccc(CN2CCCC2=O)cc1)C(C)c1cccc(OC)c1. The van der Waals surface area contributed by atoms with E-state index in [1.165, 1.54) is 0 Å². The Labute approximate surface area is 166 Å². The number of hydrogen-bond acceptors (Lipinski definition) is 3. The molecular weight excluding hydrogens is 352 g/mol. The Morgan fingerprint density at radius 3 is 2.57 bits per heavy atom. The van der Waals surface area contributed by atoms with E-state index >= 15 is 0 Å². The minimum atomic E-state index is -0.0607. The summed E-state index contributed by atoms with van der Waals surface area (Å²) in [7, 11) is 1.64. The van der Waals surface area contributed by atoms with Gasteiger partial charge in [-0.15, -0.1) is 0 Å². The highest BCUT2D eigenvalue weighted by molar-refractivity contribution is 5.94. The van der Waals surface area contributed by atoms with Gasteiger partial charge in [0, 0.05) is 31.6 Å². The maximum atomic E-state index is 13.1. The van der Waals surface area contributed by atoms with E-state index in [1.54, 1.807) is 7.11 Å². The van der Waals surface area contributed by atoms with E-state index < -0.39 is 0 Å². The van der Waals surface area contributed by atoms with Crippen LogP contribution in [0.25, 0.3) is 0 Å². The molecule has 1 heterocycles. The molecule has 0 aromatic heterocycles. The average molecular weight is 380 g/mol. The number of hydrogen-bond donors (Lipinski definition) is 0. The Hall–Kier alpha value is -2.82. The Morgan fingerprint density at radius 2 is 1.96 bits per heavy atom. The van der Waals surface area contributed by atoms with Crippen LogP contribution in [0.2, 0.25) is 0 Å². The third kappa shape index (κ3) is 4.35. The predicted octanol–water partition coefficient (Wildman–Crippen LogP) is 4.04. The van der Waals surface area contributed by atoms with E-state index in [0.717, 1.165) is 29.8 Å². The third-order valence-corrected chi connectivity index (χ3v) is 5.39. The molecule has 3 rings (SSSR count). The van der Waals surface area contributed by atoms with Crippen molar-refractivity contribution in [2.75, 3.05) is 20.2 Å². The normalized spacial score (nSPS) is 14.8. The number of carbonyl (C=O) groups is 2. The molecule has 28 heavy (non-hydrogen) atoms. The van der Waals surface area contributed by atoms with E-state index in [2.05, 4.69) is 0 Å². The maximum absolute atomic E-state index is 13.1. The molecule has 2 aromatic rings. The minimum Gasteiger partial charge on any atom is -0.497 e. The fourth-order valence-electron chi connectivity index (χ4n) is 3.68. The van der Waals surface area contributed by atoms with E-state index in [9.17, 15) is 9.59 Å². The molecule has 1 saturated heterocycles. The zero-order valence-corrected chi connectivity index (χ0v) is 16.9. The molecule has 0 saturated carbocycles. The van der Waals surface area contributed by atoms with E-state index in [1.807, 2.05) is 72.2 Å². The lowest BCUT2D eigenvalue weighted by molar-refractivity contribution is -0.128. The summed E-state index contributed by atoms with van der Waals surface area (Å²) < 4.78 is 5.31. The summed E-state index contributed by atoms with van der Waals surface area (Å²) in [5.41, 5.74) is 2.75. The number of amides is 2. The molecule has 148 valence electrons. The summed E-state index contributed by atoms with van der Waals surface area (Å²) in [5.74, 6) is 1.000. The average Bonchev–Trinajstić information content (AvgIpc) is 3.13. The smallest absolute Gasteiger partial charge is 0.254 e. The van der Waals surface area contributed by atoms with Gasteiger partial charge in [-0.2, -0.15) is 0 Å².